The van der Waals surface area contributed by atoms with E-state index in [1.54, 1.807) is 0 Å². The van der Waals surface area contributed by atoms with Gasteiger partial charge < -0.3 is 10.5 Å². The molecule has 0 atom stereocenters. The minimum absolute atomic E-state index is 0.0577. The second-order valence-electron chi connectivity index (χ2n) is 3.88. The molecule has 2 rings (SSSR count). The number of hydrogen-bond acceptors (Lipinski definition) is 5. The molecular formula is C12H8F2N4O3. The average Bonchev–Trinajstić information content (AvgIpc) is 2.42. The Morgan fingerprint density at radius 3 is 2.67 bits per heavy atom. The fourth-order valence-corrected chi connectivity index (χ4v) is 1.49. The summed E-state index contributed by atoms with van der Waals surface area (Å²) < 4.78 is 32.2. The van der Waals surface area contributed by atoms with Crippen LogP contribution in [0, 0.1) is 27.2 Å². The molecule has 0 saturated heterocycles. The second-order valence-corrected chi connectivity index (χ2v) is 3.88. The zero-order valence-corrected chi connectivity index (χ0v) is 10.3. The molecular weight excluding hydrogens is 286 g/mol. The van der Waals surface area contributed by atoms with Crippen LogP contribution in [0.15, 0.2) is 30.5 Å². The van der Waals surface area contributed by atoms with E-state index in [9.17, 15) is 18.9 Å². The quantitative estimate of drug-likeness (QED) is 0.388. The summed E-state index contributed by atoms with van der Waals surface area (Å²) in [5.74, 6) is -3.11. The highest BCUT2D eigenvalue weighted by Gasteiger charge is 2.19. The fourth-order valence-electron chi connectivity index (χ4n) is 1.49. The molecule has 3 N–H and O–H groups in total. The first kappa shape index (κ1) is 14.3. The predicted octanol–water partition coefficient (Wildman–Crippen LogP) is 2.34. The second kappa shape index (κ2) is 5.49. The number of benzene rings is 1. The Morgan fingerprint density at radius 1 is 1.33 bits per heavy atom. The summed E-state index contributed by atoms with van der Waals surface area (Å²) in [5.41, 5.74) is 4.35. The molecule has 2 aromatic rings. The van der Waals surface area contributed by atoms with E-state index >= 15 is 0 Å². The van der Waals surface area contributed by atoms with Gasteiger partial charge in [0, 0.05) is 18.3 Å². The first-order valence-corrected chi connectivity index (χ1v) is 5.50. The number of nitrogens with one attached hydrogen (secondary N) is 1. The average molecular weight is 294 g/mol. The van der Waals surface area contributed by atoms with E-state index < -0.39 is 28.0 Å². The van der Waals surface area contributed by atoms with Gasteiger partial charge in [-0.15, -0.1) is 0 Å². The SMILES string of the molecule is N=C(N)c1cc(Oc2cc(F)c([N+](=O)[O-])cc2F)ccn1. The highest BCUT2D eigenvalue weighted by atomic mass is 19.1. The highest BCUT2D eigenvalue weighted by Crippen LogP contribution is 2.30. The summed E-state index contributed by atoms with van der Waals surface area (Å²) in [7, 11) is 0. The van der Waals surface area contributed by atoms with Crippen LogP contribution in [-0.2, 0) is 0 Å². The van der Waals surface area contributed by atoms with Crippen LogP contribution in [0.4, 0.5) is 14.5 Å². The first-order valence-electron chi connectivity index (χ1n) is 5.50. The standard InChI is InChI=1S/C12H8F2N4O3/c13-7-5-11(8(14)4-10(7)18(19)20)21-6-1-2-17-9(3-6)12(15)16/h1-5H,(H3,15,16). The highest BCUT2D eigenvalue weighted by molar-refractivity contribution is 5.93. The third-order valence-corrected chi connectivity index (χ3v) is 2.43. The van der Waals surface area contributed by atoms with Gasteiger partial charge in [-0.05, 0) is 6.07 Å². The normalized spacial score (nSPS) is 10.2. The molecule has 0 fully saturated rings. The van der Waals surface area contributed by atoms with Crippen molar-refractivity contribution in [2.75, 3.05) is 0 Å². The summed E-state index contributed by atoms with van der Waals surface area (Å²) in [4.78, 5) is 13.2. The number of ether oxygens (including phenoxy) is 1. The minimum atomic E-state index is -1.22. The van der Waals surface area contributed by atoms with E-state index in [0.29, 0.717) is 12.1 Å². The van der Waals surface area contributed by atoms with Gasteiger partial charge >= 0.3 is 5.69 Å². The van der Waals surface area contributed by atoms with Crippen molar-refractivity contribution < 1.29 is 18.4 Å². The van der Waals surface area contributed by atoms with Gasteiger partial charge in [0.05, 0.1) is 11.0 Å². The molecule has 0 radical (unpaired) electrons. The van der Waals surface area contributed by atoms with Crippen molar-refractivity contribution in [1.29, 1.82) is 5.41 Å². The van der Waals surface area contributed by atoms with Crippen LogP contribution in [0.3, 0.4) is 0 Å². The maximum Gasteiger partial charge on any atom is 0.307 e. The molecule has 21 heavy (non-hydrogen) atoms. The van der Waals surface area contributed by atoms with Crippen LogP contribution in [0.2, 0.25) is 0 Å². The van der Waals surface area contributed by atoms with Gasteiger partial charge in [-0.1, -0.05) is 0 Å². The third-order valence-electron chi connectivity index (χ3n) is 2.43. The van der Waals surface area contributed by atoms with Crippen molar-refractivity contribution in [3.63, 3.8) is 0 Å². The molecule has 0 amide bonds. The summed E-state index contributed by atoms with van der Waals surface area (Å²) in [6.07, 6.45) is 1.27. The van der Waals surface area contributed by atoms with Crippen LogP contribution < -0.4 is 10.5 Å². The molecule has 7 nitrogen and oxygen atoms in total. The molecule has 0 unspecified atom stereocenters. The van der Waals surface area contributed by atoms with E-state index in [1.807, 2.05) is 0 Å². The van der Waals surface area contributed by atoms with Crippen molar-refractivity contribution in [3.8, 4) is 11.5 Å². The maximum atomic E-state index is 13.7. The van der Waals surface area contributed by atoms with Gasteiger partial charge in [-0.2, -0.15) is 4.39 Å². The number of hydrogen-bond donors (Lipinski definition) is 2. The van der Waals surface area contributed by atoms with Gasteiger partial charge in [0.2, 0.25) is 5.82 Å². The smallest absolute Gasteiger partial charge is 0.307 e. The minimum Gasteiger partial charge on any atom is -0.454 e. The number of pyridine rings is 1. The Hall–Kier alpha value is -3.10. The Balaban J connectivity index is 2.36. The third kappa shape index (κ3) is 3.08. The molecule has 0 aliphatic heterocycles. The summed E-state index contributed by atoms with van der Waals surface area (Å²) in [6, 6.07) is 3.59. The van der Waals surface area contributed by atoms with E-state index in [0.717, 1.165) is 0 Å². The molecule has 0 bridgehead atoms. The molecule has 0 aliphatic carbocycles. The summed E-state index contributed by atoms with van der Waals surface area (Å²) >= 11 is 0. The van der Waals surface area contributed by atoms with E-state index in [4.69, 9.17) is 15.9 Å². The fraction of sp³-hybridized carbons (Fsp3) is 0. The number of nitro benzene ring substituents is 1. The number of amidine groups is 1. The van der Waals surface area contributed by atoms with Crippen LogP contribution in [0.25, 0.3) is 0 Å². The molecule has 0 spiro atoms. The van der Waals surface area contributed by atoms with Crippen molar-refractivity contribution in [3.05, 3.63) is 57.9 Å². The number of nitrogen functional groups attached to an aromatic ring is 1. The van der Waals surface area contributed by atoms with E-state index in [-0.39, 0.29) is 17.3 Å². The Labute approximate surface area is 116 Å². The lowest BCUT2D eigenvalue weighted by molar-refractivity contribution is -0.387. The Morgan fingerprint density at radius 2 is 2.05 bits per heavy atom. The summed E-state index contributed by atoms with van der Waals surface area (Å²) in [5, 5.41) is 17.7. The van der Waals surface area contributed by atoms with Gasteiger partial charge in [-0.3, -0.25) is 20.5 Å². The van der Waals surface area contributed by atoms with Crippen LogP contribution in [-0.4, -0.2) is 15.7 Å². The lowest BCUT2D eigenvalue weighted by atomic mass is 10.2. The first-order chi connectivity index (χ1) is 9.88. The largest absolute Gasteiger partial charge is 0.454 e. The van der Waals surface area contributed by atoms with Gasteiger partial charge in [0.15, 0.2) is 11.6 Å². The Kier molecular flexibility index (Phi) is 3.74. The number of nitrogens with two attached hydrogens (primary N) is 1. The molecule has 1 aromatic carbocycles. The van der Waals surface area contributed by atoms with Gasteiger partial charge in [0.1, 0.15) is 17.3 Å². The zero-order chi connectivity index (χ0) is 15.6. The van der Waals surface area contributed by atoms with Gasteiger partial charge in [0.25, 0.3) is 0 Å². The predicted molar refractivity (Wildman–Crippen MR) is 68.3 cm³/mol. The zero-order valence-electron chi connectivity index (χ0n) is 10.3. The van der Waals surface area contributed by atoms with Gasteiger partial charge in [-0.25, -0.2) is 4.39 Å². The van der Waals surface area contributed by atoms with Crippen molar-refractivity contribution in [2.45, 2.75) is 0 Å². The molecule has 1 aromatic heterocycles. The van der Waals surface area contributed by atoms with E-state index in [2.05, 4.69) is 4.98 Å². The van der Waals surface area contributed by atoms with Crippen molar-refractivity contribution in [1.82, 2.24) is 4.98 Å². The monoisotopic (exact) mass is 294 g/mol. The number of rotatable bonds is 4. The molecule has 108 valence electrons. The number of nitrogens with zero attached hydrogens (tertiary/aromatic N) is 2. The maximum absolute atomic E-state index is 13.7. The number of halogens is 2. The molecule has 9 heteroatoms. The molecule has 0 aliphatic rings. The van der Waals surface area contributed by atoms with Crippen molar-refractivity contribution >= 4 is 11.5 Å². The lowest BCUT2D eigenvalue weighted by Crippen LogP contribution is -2.12. The topological polar surface area (TPSA) is 115 Å². The lowest BCUT2D eigenvalue weighted by Gasteiger charge is -2.08. The molecule has 0 saturated carbocycles. The van der Waals surface area contributed by atoms with Crippen molar-refractivity contribution in [2.24, 2.45) is 5.73 Å². The van der Waals surface area contributed by atoms with E-state index in [1.165, 1.54) is 18.3 Å². The Bertz CT molecular complexity index is 736. The summed E-state index contributed by atoms with van der Waals surface area (Å²) in [6.45, 7) is 0. The van der Waals surface area contributed by atoms with Crippen LogP contribution in [0.1, 0.15) is 5.69 Å². The van der Waals surface area contributed by atoms with Crippen LogP contribution >= 0.6 is 0 Å². The number of nitro groups is 1. The molecule has 1 heterocycles. The number of aromatic nitrogens is 1. The van der Waals surface area contributed by atoms with Crippen LogP contribution in [0.5, 0.6) is 11.5 Å².